The van der Waals surface area contributed by atoms with E-state index in [0.29, 0.717) is 18.2 Å². The van der Waals surface area contributed by atoms with Gasteiger partial charge in [0, 0.05) is 38.1 Å². The summed E-state index contributed by atoms with van der Waals surface area (Å²) in [6, 6.07) is 0. The largest absolute Gasteiger partial charge is 0.363 e. The van der Waals surface area contributed by atoms with Crippen molar-refractivity contribution >= 4 is 17.7 Å². The van der Waals surface area contributed by atoms with Gasteiger partial charge in [-0.2, -0.15) is 0 Å². The fourth-order valence-corrected chi connectivity index (χ4v) is 3.54. The molecule has 1 spiro atoms. The van der Waals surface area contributed by atoms with Gasteiger partial charge in [-0.25, -0.2) is 0 Å². The van der Waals surface area contributed by atoms with Crippen LogP contribution in [-0.2, 0) is 9.53 Å². The van der Waals surface area contributed by atoms with Crippen molar-refractivity contribution in [2.45, 2.75) is 38.0 Å². The van der Waals surface area contributed by atoms with Crippen LogP contribution in [0.5, 0.6) is 0 Å². The number of likely N-dealkylation sites (tertiary alicyclic amines) is 1. The molecular formula is C12H21NO2S. The Morgan fingerprint density at radius 1 is 1.44 bits per heavy atom. The van der Waals surface area contributed by atoms with Gasteiger partial charge in [-0.15, -0.1) is 11.8 Å². The Bertz CT molecular complexity index is 252. The SMILES string of the molecule is CC(C)CC(=O)N1CCC2(CC1)OCCS2. The summed E-state index contributed by atoms with van der Waals surface area (Å²) in [5.41, 5.74) is 0. The number of hydrogen-bond acceptors (Lipinski definition) is 3. The van der Waals surface area contributed by atoms with E-state index in [1.807, 2.05) is 16.7 Å². The molecule has 2 heterocycles. The van der Waals surface area contributed by atoms with Gasteiger partial charge in [-0.3, -0.25) is 4.79 Å². The molecule has 0 radical (unpaired) electrons. The highest BCUT2D eigenvalue weighted by Crippen LogP contribution is 2.41. The Hall–Kier alpha value is -0.220. The zero-order valence-electron chi connectivity index (χ0n) is 10.2. The van der Waals surface area contributed by atoms with E-state index in [4.69, 9.17) is 4.74 Å². The van der Waals surface area contributed by atoms with Crippen LogP contribution in [0.25, 0.3) is 0 Å². The van der Waals surface area contributed by atoms with Crippen LogP contribution in [0.3, 0.4) is 0 Å². The number of thioether (sulfide) groups is 1. The van der Waals surface area contributed by atoms with Gasteiger partial charge in [0.05, 0.1) is 6.61 Å². The highest BCUT2D eigenvalue weighted by Gasteiger charge is 2.40. The molecule has 92 valence electrons. The molecule has 0 aromatic rings. The Labute approximate surface area is 102 Å². The van der Waals surface area contributed by atoms with E-state index >= 15 is 0 Å². The molecule has 0 aliphatic carbocycles. The smallest absolute Gasteiger partial charge is 0.222 e. The first-order valence-electron chi connectivity index (χ1n) is 6.17. The number of ether oxygens (including phenoxy) is 1. The third-order valence-corrected chi connectivity index (χ3v) is 4.70. The van der Waals surface area contributed by atoms with Gasteiger partial charge in [0.15, 0.2) is 0 Å². The number of nitrogens with zero attached hydrogens (tertiary/aromatic N) is 1. The van der Waals surface area contributed by atoms with E-state index in [2.05, 4.69) is 13.8 Å². The maximum absolute atomic E-state index is 11.9. The van der Waals surface area contributed by atoms with E-state index in [9.17, 15) is 4.79 Å². The van der Waals surface area contributed by atoms with Gasteiger partial charge in [-0.1, -0.05) is 13.8 Å². The van der Waals surface area contributed by atoms with Crippen molar-refractivity contribution in [2.24, 2.45) is 5.92 Å². The molecule has 2 fully saturated rings. The molecule has 0 N–H and O–H groups in total. The second kappa shape index (κ2) is 4.96. The predicted molar refractivity (Wildman–Crippen MR) is 66.4 cm³/mol. The van der Waals surface area contributed by atoms with Gasteiger partial charge in [-0.05, 0) is 5.92 Å². The minimum absolute atomic E-state index is 0.0502. The van der Waals surface area contributed by atoms with Crippen molar-refractivity contribution in [1.29, 1.82) is 0 Å². The molecule has 4 heteroatoms. The molecule has 0 unspecified atom stereocenters. The summed E-state index contributed by atoms with van der Waals surface area (Å²) in [4.78, 5) is 13.9. The summed E-state index contributed by atoms with van der Waals surface area (Å²) in [5, 5.41) is 0. The first-order chi connectivity index (χ1) is 7.61. The number of piperidine rings is 1. The first-order valence-corrected chi connectivity index (χ1v) is 7.15. The lowest BCUT2D eigenvalue weighted by molar-refractivity contribution is -0.134. The average Bonchev–Trinajstić information content (AvgIpc) is 2.66. The standard InChI is InChI=1S/C12H21NO2S/c1-10(2)9-11(14)13-5-3-12(4-6-13)15-7-8-16-12/h10H,3-9H2,1-2H3. The van der Waals surface area contributed by atoms with Gasteiger partial charge in [0.25, 0.3) is 0 Å². The zero-order chi connectivity index (χ0) is 11.6. The number of rotatable bonds is 2. The summed E-state index contributed by atoms with van der Waals surface area (Å²) in [6.07, 6.45) is 2.68. The molecule has 0 atom stereocenters. The lowest BCUT2D eigenvalue weighted by Gasteiger charge is -2.38. The molecule has 2 rings (SSSR count). The molecule has 0 bridgehead atoms. The quantitative estimate of drug-likeness (QED) is 0.744. The summed E-state index contributed by atoms with van der Waals surface area (Å²) in [5.74, 6) is 1.88. The molecule has 2 aliphatic heterocycles. The molecule has 2 saturated heterocycles. The molecule has 0 aromatic carbocycles. The minimum Gasteiger partial charge on any atom is -0.363 e. The van der Waals surface area contributed by atoms with Crippen LogP contribution in [0.2, 0.25) is 0 Å². The summed E-state index contributed by atoms with van der Waals surface area (Å²) >= 11 is 1.93. The molecule has 0 saturated carbocycles. The molecule has 1 amide bonds. The Balaban J connectivity index is 1.82. The van der Waals surface area contributed by atoms with Crippen molar-refractivity contribution in [3.63, 3.8) is 0 Å². The van der Waals surface area contributed by atoms with Crippen molar-refractivity contribution in [2.75, 3.05) is 25.4 Å². The molecule has 0 aromatic heterocycles. The van der Waals surface area contributed by atoms with Crippen LogP contribution < -0.4 is 0 Å². The average molecular weight is 243 g/mol. The Morgan fingerprint density at radius 2 is 2.12 bits per heavy atom. The maximum atomic E-state index is 11.9. The molecular weight excluding hydrogens is 222 g/mol. The second-order valence-electron chi connectivity index (χ2n) is 5.09. The Morgan fingerprint density at radius 3 is 2.62 bits per heavy atom. The number of hydrogen-bond donors (Lipinski definition) is 0. The monoisotopic (exact) mass is 243 g/mol. The number of carbonyl (C=O) groups is 1. The Kier molecular flexibility index (Phi) is 3.80. The summed E-state index contributed by atoms with van der Waals surface area (Å²) in [6.45, 7) is 6.82. The third-order valence-electron chi connectivity index (χ3n) is 3.27. The van der Waals surface area contributed by atoms with E-state index < -0.39 is 0 Å². The van der Waals surface area contributed by atoms with Crippen molar-refractivity contribution < 1.29 is 9.53 Å². The van der Waals surface area contributed by atoms with Crippen LogP contribution in [0.1, 0.15) is 33.1 Å². The van der Waals surface area contributed by atoms with Crippen LogP contribution in [0.15, 0.2) is 0 Å². The fourth-order valence-electron chi connectivity index (χ4n) is 2.36. The lowest BCUT2D eigenvalue weighted by Crippen LogP contribution is -2.45. The first kappa shape index (κ1) is 12.2. The minimum atomic E-state index is 0.0502. The van der Waals surface area contributed by atoms with Gasteiger partial charge in [0.1, 0.15) is 4.93 Å². The number of carbonyl (C=O) groups excluding carboxylic acids is 1. The van der Waals surface area contributed by atoms with Crippen LogP contribution in [0.4, 0.5) is 0 Å². The van der Waals surface area contributed by atoms with Crippen molar-refractivity contribution in [1.82, 2.24) is 4.90 Å². The van der Waals surface area contributed by atoms with Gasteiger partial charge in [0.2, 0.25) is 5.91 Å². The molecule has 2 aliphatic rings. The van der Waals surface area contributed by atoms with E-state index in [0.717, 1.165) is 38.3 Å². The van der Waals surface area contributed by atoms with Gasteiger partial charge < -0.3 is 9.64 Å². The van der Waals surface area contributed by atoms with Crippen molar-refractivity contribution in [3.05, 3.63) is 0 Å². The van der Waals surface area contributed by atoms with Gasteiger partial charge >= 0.3 is 0 Å². The van der Waals surface area contributed by atoms with Crippen molar-refractivity contribution in [3.8, 4) is 0 Å². The highest BCUT2D eigenvalue weighted by molar-refractivity contribution is 8.00. The lowest BCUT2D eigenvalue weighted by atomic mass is 10.0. The maximum Gasteiger partial charge on any atom is 0.222 e. The van der Waals surface area contributed by atoms with E-state index in [1.165, 1.54) is 0 Å². The molecule has 16 heavy (non-hydrogen) atoms. The van der Waals surface area contributed by atoms with Crippen LogP contribution in [0, 0.1) is 5.92 Å². The molecule has 3 nitrogen and oxygen atoms in total. The normalized spacial score (nSPS) is 24.3. The topological polar surface area (TPSA) is 29.5 Å². The number of amides is 1. The van der Waals surface area contributed by atoms with E-state index in [-0.39, 0.29) is 4.93 Å². The highest BCUT2D eigenvalue weighted by atomic mass is 32.2. The zero-order valence-corrected chi connectivity index (χ0v) is 11.0. The summed E-state index contributed by atoms with van der Waals surface area (Å²) in [7, 11) is 0. The third kappa shape index (κ3) is 2.72. The fraction of sp³-hybridized carbons (Fsp3) is 0.917. The summed E-state index contributed by atoms with van der Waals surface area (Å²) < 4.78 is 5.82. The predicted octanol–water partition coefficient (Wildman–Crippen LogP) is 2.11. The van der Waals surface area contributed by atoms with E-state index in [1.54, 1.807) is 0 Å². The van der Waals surface area contributed by atoms with Crippen LogP contribution in [-0.4, -0.2) is 41.2 Å². The van der Waals surface area contributed by atoms with Crippen LogP contribution >= 0.6 is 11.8 Å². The second-order valence-corrected chi connectivity index (χ2v) is 6.53.